The summed E-state index contributed by atoms with van der Waals surface area (Å²) in [4.78, 5) is 27.3. The summed E-state index contributed by atoms with van der Waals surface area (Å²) in [5.41, 5.74) is 1.96. The standard InChI is InChI=1S/C28H26FN3O7S/c1-38-16-6-7-17-39-21-12-14-22(15-13-21)40(36,37)32-18-20-8-2-5-11-25(20)31(19-26(32)27(33)30-35)28(34)23-9-3-4-10-24(23)29/h2-5,8-15,26,35H,16-19H2,1H3,(H,30,33). The van der Waals surface area contributed by atoms with Crippen LogP contribution in [0.1, 0.15) is 15.9 Å². The van der Waals surface area contributed by atoms with E-state index in [0.717, 1.165) is 15.3 Å². The molecular weight excluding hydrogens is 541 g/mol. The van der Waals surface area contributed by atoms with Gasteiger partial charge in [0.05, 0.1) is 17.0 Å². The smallest absolute Gasteiger partial charge is 0.263 e. The Hall–Kier alpha value is -4.28. The number of carbonyl (C=O) groups excluding carboxylic acids is 2. The number of carbonyl (C=O) groups is 2. The Balaban J connectivity index is 1.70. The highest BCUT2D eigenvalue weighted by Crippen LogP contribution is 2.33. The fraction of sp³-hybridized carbons (Fsp3) is 0.214. The van der Waals surface area contributed by atoms with Gasteiger partial charge in [0.2, 0.25) is 10.0 Å². The minimum atomic E-state index is -4.35. The number of nitrogens with one attached hydrogen (secondary N) is 1. The molecule has 1 heterocycles. The third kappa shape index (κ3) is 6.13. The lowest BCUT2D eigenvalue weighted by atomic mass is 10.1. The molecule has 208 valence electrons. The van der Waals surface area contributed by atoms with Crippen LogP contribution in [0.5, 0.6) is 5.75 Å². The fourth-order valence-corrected chi connectivity index (χ4v) is 5.76. The summed E-state index contributed by atoms with van der Waals surface area (Å²) in [6.07, 6.45) is 0. The van der Waals surface area contributed by atoms with Crippen LogP contribution in [-0.2, 0) is 26.1 Å². The van der Waals surface area contributed by atoms with Gasteiger partial charge in [-0.3, -0.25) is 14.8 Å². The van der Waals surface area contributed by atoms with E-state index < -0.39 is 40.2 Å². The molecule has 4 rings (SSSR count). The number of methoxy groups -OCH3 is 1. The van der Waals surface area contributed by atoms with Crippen LogP contribution < -0.4 is 15.1 Å². The summed E-state index contributed by atoms with van der Waals surface area (Å²) in [5.74, 6) is 3.27. The number of para-hydroxylation sites is 1. The van der Waals surface area contributed by atoms with E-state index in [1.807, 2.05) is 0 Å². The lowest BCUT2D eigenvalue weighted by Gasteiger charge is -2.29. The maximum absolute atomic E-state index is 14.6. The number of fused-ring (bicyclic) bond motifs is 1. The SMILES string of the molecule is COCC#CCOc1ccc(S(=O)(=O)N2Cc3ccccc3N(C(=O)c3ccccc3F)CC2C(=O)NO)cc1. The molecule has 0 saturated heterocycles. The van der Waals surface area contributed by atoms with Gasteiger partial charge in [0, 0.05) is 19.3 Å². The molecule has 0 bridgehead atoms. The van der Waals surface area contributed by atoms with Crippen LogP contribution in [0.25, 0.3) is 0 Å². The lowest BCUT2D eigenvalue weighted by Crippen LogP contribution is -2.53. The summed E-state index contributed by atoms with van der Waals surface area (Å²) >= 11 is 0. The van der Waals surface area contributed by atoms with Crippen LogP contribution in [0.4, 0.5) is 10.1 Å². The molecule has 3 aromatic rings. The second-order valence-electron chi connectivity index (χ2n) is 8.61. The molecule has 0 aliphatic carbocycles. The molecule has 1 unspecified atom stereocenters. The first-order valence-electron chi connectivity index (χ1n) is 12.1. The van der Waals surface area contributed by atoms with Crippen molar-refractivity contribution in [1.29, 1.82) is 0 Å². The van der Waals surface area contributed by atoms with Crippen molar-refractivity contribution in [3.63, 3.8) is 0 Å². The predicted molar refractivity (Wildman–Crippen MR) is 143 cm³/mol. The van der Waals surface area contributed by atoms with Crippen molar-refractivity contribution in [3.05, 3.63) is 89.7 Å². The zero-order chi connectivity index (χ0) is 28.7. The van der Waals surface area contributed by atoms with Crippen molar-refractivity contribution >= 4 is 27.5 Å². The summed E-state index contributed by atoms with van der Waals surface area (Å²) in [6.45, 7) is -0.462. The third-order valence-electron chi connectivity index (χ3n) is 6.16. The van der Waals surface area contributed by atoms with Crippen LogP contribution >= 0.6 is 0 Å². The summed E-state index contributed by atoms with van der Waals surface area (Å²) < 4.78 is 53.5. The average Bonchev–Trinajstić information content (AvgIpc) is 3.15. The van der Waals surface area contributed by atoms with Crippen LogP contribution in [-0.4, -0.2) is 62.7 Å². The number of ether oxygens (including phenoxy) is 2. The van der Waals surface area contributed by atoms with E-state index in [1.165, 1.54) is 55.1 Å². The average molecular weight is 568 g/mol. The van der Waals surface area contributed by atoms with Gasteiger partial charge < -0.3 is 14.4 Å². The molecular formula is C28H26FN3O7S. The zero-order valence-electron chi connectivity index (χ0n) is 21.4. The van der Waals surface area contributed by atoms with Crippen molar-refractivity contribution in [2.24, 2.45) is 0 Å². The van der Waals surface area contributed by atoms with Crippen molar-refractivity contribution in [3.8, 4) is 17.6 Å². The van der Waals surface area contributed by atoms with Crippen LogP contribution in [0.15, 0.2) is 77.7 Å². The van der Waals surface area contributed by atoms with Gasteiger partial charge in [-0.25, -0.2) is 18.3 Å². The molecule has 2 amide bonds. The summed E-state index contributed by atoms with van der Waals surface area (Å²) in [7, 11) is -2.84. The molecule has 0 saturated carbocycles. The van der Waals surface area contributed by atoms with Gasteiger partial charge in [0.15, 0.2) is 0 Å². The van der Waals surface area contributed by atoms with Crippen molar-refractivity contribution in [1.82, 2.24) is 9.79 Å². The second-order valence-corrected chi connectivity index (χ2v) is 10.5. The largest absolute Gasteiger partial charge is 0.481 e. The van der Waals surface area contributed by atoms with Crippen molar-refractivity contribution in [2.75, 3.05) is 31.8 Å². The number of halogens is 1. The van der Waals surface area contributed by atoms with Crippen LogP contribution in [0.3, 0.4) is 0 Å². The van der Waals surface area contributed by atoms with E-state index in [4.69, 9.17) is 9.47 Å². The molecule has 10 nitrogen and oxygen atoms in total. The molecule has 40 heavy (non-hydrogen) atoms. The van der Waals surface area contributed by atoms with E-state index in [0.29, 0.717) is 17.0 Å². The molecule has 1 aliphatic heterocycles. The number of hydrogen-bond acceptors (Lipinski definition) is 7. The normalized spacial score (nSPS) is 15.3. The van der Waals surface area contributed by atoms with Gasteiger partial charge in [-0.15, -0.1) is 0 Å². The third-order valence-corrected chi connectivity index (χ3v) is 8.03. The predicted octanol–water partition coefficient (Wildman–Crippen LogP) is 2.58. The zero-order valence-corrected chi connectivity index (χ0v) is 22.2. The van der Waals surface area contributed by atoms with Crippen LogP contribution in [0.2, 0.25) is 0 Å². The summed E-state index contributed by atoms with van der Waals surface area (Å²) in [5, 5.41) is 9.49. The Morgan fingerprint density at radius 3 is 2.40 bits per heavy atom. The van der Waals surface area contributed by atoms with Gasteiger partial charge in [0.1, 0.15) is 30.8 Å². The maximum Gasteiger partial charge on any atom is 0.263 e. The molecule has 1 atom stereocenters. The molecule has 0 aromatic heterocycles. The molecule has 2 N–H and O–H groups in total. The number of hydrogen-bond donors (Lipinski definition) is 2. The Kier molecular flexibility index (Phi) is 9.13. The van der Waals surface area contributed by atoms with Gasteiger partial charge >= 0.3 is 0 Å². The minimum absolute atomic E-state index is 0.0724. The number of amides is 2. The number of sulfonamides is 1. The maximum atomic E-state index is 14.6. The van der Waals surface area contributed by atoms with Crippen molar-refractivity contribution < 1.29 is 37.1 Å². The highest BCUT2D eigenvalue weighted by Gasteiger charge is 2.42. The van der Waals surface area contributed by atoms with Crippen LogP contribution in [0, 0.1) is 17.7 Å². The van der Waals surface area contributed by atoms with E-state index >= 15 is 0 Å². The fourth-order valence-electron chi connectivity index (χ4n) is 4.20. The first kappa shape index (κ1) is 28.7. The van der Waals surface area contributed by atoms with Gasteiger partial charge in [-0.1, -0.05) is 42.2 Å². The molecule has 0 fully saturated rings. The molecule has 0 spiro atoms. The first-order chi connectivity index (χ1) is 19.3. The number of rotatable bonds is 7. The number of benzene rings is 3. The Bertz CT molecular complexity index is 1550. The number of hydroxylamine groups is 1. The quantitative estimate of drug-likeness (QED) is 0.255. The van der Waals surface area contributed by atoms with E-state index in [1.54, 1.807) is 24.3 Å². The van der Waals surface area contributed by atoms with Gasteiger partial charge in [0.25, 0.3) is 11.8 Å². The Morgan fingerprint density at radius 2 is 1.70 bits per heavy atom. The van der Waals surface area contributed by atoms with E-state index in [2.05, 4.69) is 11.8 Å². The Morgan fingerprint density at radius 1 is 1.02 bits per heavy atom. The molecule has 3 aromatic carbocycles. The Labute approximate surface area is 230 Å². The summed E-state index contributed by atoms with van der Waals surface area (Å²) in [6, 6.07) is 15.8. The molecule has 12 heteroatoms. The highest BCUT2D eigenvalue weighted by molar-refractivity contribution is 7.89. The lowest BCUT2D eigenvalue weighted by molar-refractivity contribution is -0.133. The first-order valence-corrected chi connectivity index (χ1v) is 13.5. The number of nitrogens with zero attached hydrogens (tertiary/aromatic N) is 2. The molecule has 1 aliphatic rings. The van der Waals surface area contributed by atoms with Crippen molar-refractivity contribution in [2.45, 2.75) is 17.5 Å². The van der Waals surface area contributed by atoms with E-state index in [-0.39, 0.29) is 30.2 Å². The second kappa shape index (κ2) is 12.7. The van der Waals surface area contributed by atoms with Gasteiger partial charge in [-0.2, -0.15) is 4.31 Å². The minimum Gasteiger partial charge on any atom is -0.481 e. The number of anilines is 1. The molecule has 0 radical (unpaired) electrons. The highest BCUT2D eigenvalue weighted by atomic mass is 32.2. The van der Waals surface area contributed by atoms with Gasteiger partial charge in [-0.05, 0) is 48.0 Å². The van der Waals surface area contributed by atoms with E-state index in [9.17, 15) is 27.6 Å². The monoisotopic (exact) mass is 567 g/mol. The topological polar surface area (TPSA) is 125 Å².